The Morgan fingerprint density at radius 2 is 2.13 bits per heavy atom. The predicted octanol–water partition coefficient (Wildman–Crippen LogP) is 1.87. The number of ether oxygens (including phenoxy) is 1. The summed E-state index contributed by atoms with van der Waals surface area (Å²) in [5.74, 6) is 0.667. The van der Waals surface area contributed by atoms with Gasteiger partial charge in [-0.25, -0.2) is 4.98 Å². The SMILES string of the molecule is CCC(Sc1nc(N)cc(=O)[nH]1)C(=O)Nc1ccc(OC)cc1. The maximum atomic E-state index is 12.4. The fourth-order valence-corrected chi connectivity index (χ4v) is 2.78. The van der Waals surface area contributed by atoms with Gasteiger partial charge in [0.05, 0.1) is 12.4 Å². The molecule has 0 radical (unpaired) electrons. The van der Waals surface area contributed by atoms with Crippen LogP contribution in [0.1, 0.15) is 13.3 Å². The maximum Gasteiger partial charge on any atom is 0.253 e. The Morgan fingerprint density at radius 1 is 1.43 bits per heavy atom. The lowest BCUT2D eigenvalue weighted by atomic mass is 10.2. The first-order valence-corrected chi connectivity index (χ1v) is 7.88. The molecule has 1 amide bonds. The van der Waals surface area contributed by atoms with Crippen LogP contribution in [0.15, 0.2) is 40.3 Å². The third kappa shape index (κ3) is 4.75. The molecule has 23 heavy (non-hydrogen) atoms. The Bertz CT molecular complexity index is 730. The van der Waals surface area contributed by atoms with E-state index < -0.39 is 5.25 Å². The molecule has 4 N–H and O–H groups in total. The van der Waals surface area contributed by atoms with Crippen molar-refractivity contribution >= 4 is 29.2 Å². The van der Waals surface area contributed by atoms with Crippen LogP contribution in [0.3, 0.4) is 0 Å². The van der Waals surface area contributed by atoms with Crippen molar-refractivity contribution in [3.63, 3.8) is 0 Å². The van der Waals surface area contributed by atoms with Gasteiger partial charge in [0.2, 0.25) is 5.91 Å². The molecule has 1 aromatic heterocycles. The molecule has 0 fully saturated rings. The second-order valence-electron chi connectivity index (χ2n) is 4.71. The maximum absolute atomic E-state index is 12.4. The molecule has 1 unspecified atom stereocenters. The van der Waals surface area contributed by atoms with Crippen LogP contribution < -0.4 is 21.3 Å². The van der Waals surface area contributed by atoms with Gasteiger partial charge in [0.25, 0.3) is 5.56 Å². The number of carbonyl (C=O) groups excluding carboxylic acids is 1. The van der Waals surface area contributed by atoms with Gasteiger partial charge in [0.15, 0.2) is 5.16 Å². The topological polar surface area (TPSA) is 110 Å². The van der Waals surface area contributed by atoms with E-state index in [9.17, 15) is 9.59 Å². The third-order valence-corrected chi connectivity index (χ3v) is 4.26. The van der Waals surface area contributed by atoms with E-state index in [1.807, 2.05) is 6.92 Å². The average Bonchev–Trinajstić information content (AvgIpc) is 2.52. The second-order valence-corrected chi connectivity index (χ2v) is 5.90. The van der Waals surface area contributed by atoms with E-state index in [0.29, 0.717) is 23.0 Å². The number of aromatic nitrogens is 2. The Hall–Kier alpha value is -2.48. The molecule has 0 saturated carbocycles. The molecule has 0 saturated heterocycles. The number of rotatable bonds is 6. The summed E-state index contributed by atoms with van der Waals surface area (Å²) < 4.78 is 5.07. The number of aromatic amines is 1. The number of methoxy groups -OCH3 is 1. The summed E-state index contributed by atoms with van der Waals surface area (Å²) in [6.45, 7) is 1.88. The predicted molar refractivity (Wildman–Crippen MR) is 90.8 cm³/mol. The minimum absolute atomic E-state index is 0.127. The van der Waals surface area contributed by atoms with E-state index in [4.69, 9.17) is 10.5 Å². The van der Waals surface area contributed by atoms with Gasteiger partial charge in [-0.2, -0.15) is 0 Å². The monoisotopic (exact) mass is 334 g/mol. The van der Waals surface area contributed by atoms with Crippen LogP contribution in [0.4, 0.5) is 11.5 Å². The smallest absolute Gasteiger partial charge is 0.253 e. The molecule has 122 valence electrons. The van der Waals surface area contributed by atoms with Gasteiger partial charge in [-0.15, -0.1) is 0 Å². The summed E-state index contributed by atoms with van der Waals surface area (Å²) >= 11 is 1.17. The van der Waals surface area contributed by atoms with Crippen molar-refractivity contribution in [2.45, 2.75) is 23.8 Å². The number of nitrogen functional groups attached to an aromatic ring is 1. The van der Waals surface area contributed by atoms with Crippen molar-refractivity contribution in [1.82, 2.24) is 9.97 Å². The van der Waals surface area contributed by atoms with E-state index in [2.05, 4.69) is 15.3 Å². The Balaban J connectivity index is 2.06. The molecule has 0 spiro atoms. The second kappa shape index (κ2) is 7.68. The zero-order valence-corrected chi connectivity index (χ0v) is 13.6. The highest BCUT2D eigenvalue weighted by Gasteiger charge is 2.19. The first-order valence-electron chi connectivity index (χ1n) is 7.00. The lowest BCUT2D eigenvalue weighted by Gasteiger charge is -2.14. The fourth-order valence-electron chi connectivity index (χ4n) is 1.86. The van der Waals surface area contributed by atoms with Crippen LogP contribution in [0.5, 0.6) is 5.75 Å². The van der Waals surface area contributed by atoms with Crippen LogP contribution in [0.25, 0.3) is 0 Å². The largest absolute Gasteiger partial charge is 0.497 e. The number of benzene rings is 1. The number of anilines is 2. The molecular formula is C15H18N4O3S. The van der Waals surface area contributed by atoms with Crippen LogP contribution in [0, 0.1) is 0 Å². The number of H-pyrrole nitrogens is 1. The van der Waals surface area contributed by atoms with Gasteiger partial charge in [-0.1, -0.05) is 18.7 Å². The molecule has 1 atom stereocenters. The summed E-state index contributed by atoms with van der Waals surface area (Å²) in [6.07, 6.45) is 0.575. The molecule has 2 rings (SSSR count). The number of carbonyl (C=O) groups is 1. The summed E-state index contributed by atoms with van der Waals surface area (Å²) in [6, 6.07) is 8.24. The number of hydrogen-bond acceptors (Lipinski definition) is 6. The first-order chi connectivity index (χ1) is 11.0. The highest BCUT2D eigenvalue weighted by atomic mass is 32.2. The standard InChI is InChI=1S/C15H18N4O3S/c1-3-11(23-15-18-12(16)8-13(20)19-15)14(21)17-9-4-6-10(22-2)7-5-9/h4-8,11H,3H2,1-2H3,(H,17,21)(H3,16,18,19,20). The van der Waals surface area contributed by atoms with Gasteiger partial charge in [0, 0.05) is 11.8 Å². The number of nitrogens with one attached hydrogen (secondary N) is 2. The number of nitrogens with zero attached hydrogens (tertiary/aromatic N) is 1. The highest BCUT2D eigenvalue weighted by Crippen LogP contribution is 2.23. The van der Waals surface area contributed by atoms with Crippen LogP contribution in [-0.4, -0.2) is 28.2 Å². The number of amides is 1. The van der Waals surface area contributed by atoms with E-state index in [-0.39, 0.29) is 17.3 Å². The van der Waals surface area contributed by atoms with Crippen molar-refractivity contribution in [3.05, 3.63) is 40.7 Å². The van der Waals surface area contributed by atoms with Gasteiger partial charge >= 0.3 is 0 Å². The molecule has 1 heterocycles. The van der Waals surface area contributed by atoms with Crippen molar-refractivity contribution < 1.29 is 9.53 Å². The number of nitrogens with two attached hydrogens (primary N) is 1. The summed E-state index contributed by atoms with van der Waals surface area (Å²) in [5, 5.41) is 2.75. The van der Waals surface area contributed by atoms with Crippen molar-refractivity contribution in [2.24, 2.45) is 0 Å². The summed E-state index contributed by atoms with van der Waals surface area (Å²) in [4.78, 5) is 30.3. The Kier molecular flexibility index (Phi) is 5.64. The molecular weight excluding hydrogens is 316 g/mol. The van der Waals surface area contributed by atoms with E-state index in [1.165, 1.54) is 17.8 Å². The minimum atomic E-state index is -0.401. The Labute approximate surface area is 137 Å². The van der Waals surface area contributed by atoms with Gasteiger partial charge < -0.3 is 20.8 Å². The zero-order chi connectivity index (χ0) is 16.8. The van der Waals surface area contributed by atoms with Gasteiger partial charge in [-0.3, -0.25) is 9.59 Å². The number of thioether (sulfide) groups is 1. The van der Waals surface area contributed by atoms with E-state index in [0.717, 1.165) is 0 Å². The fraction of sp³-hybridized carbons (Fsp3) is 0.267. The van der Waals surface area contributed by atoms with E-state index in [1.54, 1.807) is 31.4 Å². The molecule has 2 aromatic rings. The lowest BCUT2D eigenvalue weighted by Crippen LogP contribution is -2.25. The average molecular weight is 334 g/mol. The molecule has 8 heteroatoms. The molecule has 7 nitrogen and oxygen atoms in total. The summed E-state index contributed by atoms with van der Waals surface area (Å²) in [5.41, 5.74) is 5.87. The van der Waals surface area contributed by atoms with E-state index >= 15 is 0 Å². The lowest BCUT2D eigenvalue weighted by molar-refractivity contribution is -0.115. The normalized spacial score (nSPS) is 11.7. The van der Waals surface area contributed by atoms with Gasteiger partial charge in [-0.05, 0) is 30.7 Å². The summed E-state index contributed by atoms with van der Waals surface area (Å²) in [7, 11) is 1.58. The van der Waals surface area contributed by atoms with Crippen LogP contribution in [-0.2, 0) is 4.79 Å². The van der Waals surface area contributed by atoms with Crippen LogP contribution in [0.2, 0.25) is 0 Å². The minimum Gasteiger partial charge on any atom is -0.497 e. The molecule has 0 aliphatic rings. The third-order valence-electron chi connectivity index (χ3n) is 3.01. The molecule has 0 bridgehead atoms. The molecule has 1 aromatic carbocycles. The van der Waals surface area contributed by atoms with Crippen LogP contribution >= 0.6 is 11.8 Å². The number of hydrogen-bond donors (Lipinski definition) is 3. The first kappa shape index (κ1) is 16.9. The van der Waals surface area contributed by atoms with Crippen molar-refractivity contribution in [2.75, 3.05) is 18.2 Å². The van der Waals surface area contributed by atoms with Crippen molar-refractivity contribution in [3.8, 4) is 5.75 Å². The molecule has 0 aliphatic heterocycles. The highest BCUT2D eigenvalue weighted by molar-refractivity contribution is 8.00. The zero-order valence-electron chi connectivity index (χ0n) is 12.8. The quantitative estimate of drug-likeness (QED) is 0.549. The van der Waals surface area contributed by atoms with Crippen molar-refractivity contribution in [1.29, 1.82) is 0 Å². The molecule has 0 aliphatic carbocycles. The van der Waals surface area contributed by atoms with Gasteiger partial charge in [0.1, 0.15) is 11.6 Å². The Morgan fingerprint density at radius 3 is 2.70 bits per heavy atom.